The molecule has 0 fully saturated rings. The van der Waals surface area contributed by atoms with Crippen molar-refractivity contribution in [1.82, 2.24) is 0 Å². The number of nitro groups is 1. The summed E-state index contributed by atoms with van der Waals surface area (Å²) >= 11 is 0. The van der Waals surface area contributed by atoms with E-state index in [1.165, 1.54) is 12.1 Å². The van der Waals surface area contributed by atoms with Gasteiger partial charge in [0.05, 0.1) is 28.7 Å². The minimum Gasteiger partial charge on any atom is -0.457 e. The van der Waals surface area contributed by atoms with E-state index in [1.807, 2.05) is 6.07 Å². The van der Waals surface area contributed by atoms with E-state index in [-0.39, 0.29) is 31.0 Å². The Morgan fingerprint density at radius 1 is 1.28 bits per heavy atom. The van der Waals surface area contributed by atoms with Crippen molar-refractivity contribution >= 4 is 17.3 Å². The van der Waals surface area contributed by atoms with Gasteiger partial charge in [0, 0.05) is 24.4 Å². The normalized spacial score (nSPS) is 9.92. The molecule has 8 heteroatoms. The van der Waals surface area contributed by atoms with Gasteiger partial charge in [0.25, 0.3) is 5.69 Å². The second-order valence-electron chi connectivity index (χ2n) is 5.02. The number of hydrogen-bond donors (Lipinski definition) is 2. The minimum absolute atomic E-state index is 0.0105. The van der Waals surface area contributed by atoms with Crippen LogP contribution in [0.4, 0.5) is 11.4 Å². The number of nitrogens with one attached hydrogen (secondary N) is 1. The third-order valence-corrected chi connectivity index (χ3v) is 3.31. The van der Waals surface area contributed by atoms with Crippen molar-refractivity contribution in [2.75, 3.05) is 18.5 Å². The maximum atomic E-state index is 12.3. The number of anilines is 1. The quantitative estimate of drug-likeness (QED) is 0.449. The SMILES string of the molecule is N#Cc1ccc(COC(=O)c2cc([N+](=O)[O-])ccc2NCCO)cc1. The van der Waals surface area contributed by atoms with Gasteiger partial charge in [-0.05, 0) is 23.8 Å². The molecule has 0 aliphatic rings. The van der Waals surface area contributed by atoms with Gasteiger partial charge in [-0.15, -0.1) is 0 Å². The van der Waals surface area contributed by atoms with Gasteiger partial charge in [-0.1, -0.05) is 12.1 Å². The van der Waals surface area contributed by atoms with Gasteiger partial charge in [-0.3, -0.25) is 10.1 Å². The molecule has 0 aliphatic heterocycles. The molecule has 0 atom stereocenters. The molecule has 0 radical (unpaired) electrons. The largest absolute Gasteiger partial charge is 0.457 e. The zero-order chi connectivity index (χ0) is 18.2. The second-order valence-corrected chi connectivity index (χ2v) is 5.02. The molecule has 128 valence electrons. The van der Waals surface area contributed by atoms with Crippen LogP contribution in [-0.2, 0) is 11.3 Å². The number of aliphatic hydroxyl groups is 1. The van der Waals surface area contributed by atoms with Crippen LogP contribution in [0.2, 0.25) is 0 Å². The van der Waals surface area contributed by atoms with Crippen LogP contribution < -0.4 is 5.32 Å². The minimum atomic E-state index is -0.728. The fraction of sp³-hybridized carbons (Fsp3) is 0.176. The molecular formula is C17H15N3O5. The van der Waals surface area contributed by atoms with Crippen LogP contribution in [0.1, 0.15) is 21.5 Å². The summed E-state index contributed by atoms with van der Waals surface area (Å²) in [6, 6.07) is 12.3. The molecule has 2 aromatic carbocycles. The maximum absolute atomic E-state index is 12.3. The van der Waals surface area contributed by atoms with E-state index in [4.69, 9.17) is 15.1 Å². The van der Waals surface area contributed by atoms with Crippen molar-refractivity contribution < 1.29 is 19.6 Å². The van der Waals surface area contributed by atoms with Crippen LogP contribution in [0.5, 0.6) is 0 Å². The molecule has 0 unspecified atom stereocenters. The zero-order valence-corrected chi connectivity index (χ0v) is 13.1. The summed E-state index contributed by atoms with van der Waals surface area (Å²) in [5.41, 5.74) is 1.28. The summed E-state index contributed by atoms with van der Waals surface area (Å²) in [4.78, 5) is 22.6. The lowest BCUT2D eigenvalue weighted by molar-refractivity contribution is -0.384. The number of carbonyl (C=O) groups is 1. The van der Waals surface area contributed by atoms with Crippen LogP contribution >= 0.6 is 0 Å². The van der Waals surface area contributed by atoms with E-state index in [0.29, 0.717) is 16.8 Å². The Hall–Kier alpha value is -3.44. The number of esters is 1. The highest BCUT2D eigenvalue weighted by Crippen LogP contribution is 2.23. The van der Waals surface area contributed by atoms with Crippen molar-refractivity contribution in [1.29, 1.82) is 5.26 Å². The number of benzene rings is 2. The lowest BCUT2D eigenvalue weighted by atomic mass is 10.1. The molecule has 0 spiro atoms. The summed E-state index contributed by atoms with van der Waals surface area (Å²) in [6.45, 7) is -0.00287. The average Bonchev–Trinajstić information content (AvgIpc) is 2.64. The lowest BCUT2D eigenvalue weighted by Crippen LogP contribution is -2.13. The molecule has 0 aliphatic carbocycles. The van der Waals surface area contributed by atoms with E-state index >= 15 is 0 Å². The third kappa shape index (κ3) is 4.76. The van der Waals surface area contributed by atoms with Gasteiger partial charge in [-0.2, -0.15) is 5.26 Å². The van der Waals surface area contributed by atoms with Crippen molar-refractivity contribution in [2.45, 2.75) is 6.61 Å². The molecule has 0 aromatic heterocycles. The molecule has 2 N–H and O–H groups in total. The molecule has 2 aromatic rings. The van der Waals surface area contributed by atoms with Gasteiger partial charge in [0.2, 0.25) is 0 Å². The number of hydrogen-bond acceptors (Lipinski definition) is 7. The topological polar surface area (TPSA) is 125 Å². The summed E-state index contributed by atoms with van der Waals surface area (Å²) in [7, 11) is 0. The Kier molecular flexibility index (Phi) is 6.03. The Morgan fingerprint density at radius 3 is 2.60 bits per heavy atom. The molecule has 0 saturated heterocycles. The number of rotatable bonds is 7. The van der Waals surface area contributed by atoms with Crippen LogP contribution in [0, 0.1) is 21.4 Å². The summed E-state index contributed by atoms with van der Waals surface area (Å²) < 4.78 is 5.20. The molecule has 0 amide bonds. The first-order valence-electron chi connectivity index (χ1n) is 7.34. The highest BCUT2D eigenvalue weighted by Gasteiger charge is 2.18. The van der Waals surface area contributed by atoms with Crippen molar-refractivity contribution in [2.24, 2.45) is 0 Å². The van der Waals surface area contributed by atoms with Gasteiger partial charge >= 0.3 is 5.97 Å². The summed E-state index contributed by atoms with van der Waals surface area (Å²) in [6.07, 6.45) is 0. The monoisotopic (exact) mass is 341 g/mol. The van der Waals surface area contributed by atoms with Crippen LogP contribution in [0.15, 0.2) is 42.5 Å². The molecule has 0 heterocycles. The number of nitriles is 1. The predicted molar refractivity (Wildman–Crippen MR) is 88.9 cm³/mol. The molecule has 25 heavy (non-hydrogen) atoms. The number of non-ortho nitro benzene ring substituents is 1. The first kappa shape index (κ1) is 17.9. The number of ether oxygens (including phenoxy) is 1. The highest BCUT2D eigenvalue weighted by atomic mass is 16.6. The second kappa shape index (κ2) is 8.42. The van der Waals surface area contributed by atoms with Crippen molar-refractivity contribution in [3.8, 4) is 6.07 Å². The lowest BCUT2D eigenvalue weighted by Gasteiger charge is -2.11. The standard InChI is InChI=1S/C17H15N3O5/c18-10-12-1-3-13(4-2-12)11-25-17(22)15-9-14(20(23)24)5-6-16(15)19-7-8-21/h1-6,9,19,21H,7-8,11H2. The summed E-state index contributed by atoms with van der Waals surface area (Å²) in [5.74, 6) is -0.728. The third-order valence-electron chi connectivity index (χ3n) is 3.31. The zero-order valence-electron chi connectivity index (χ0n) is 13.1. The van der Waals surface area contributed by atoms with E-state index in [2.05, 4.69) is 5.32 Å². The van der Waals surface area contributed by atoms with Gasteiger partial charge < -0.3 is 15.2 Å². The number of nitrogens with zero attached hydrogens (tertiary/aromatic N) is 2. The predicted octanol–water partition coefficient (Wildman–Crippen LogP) is 2.23. The van der Waals surface area contributed by atoms with E-state index in [1.54, 1.807) is 24.3 Å². The maximum Gasteiger partial charge on any atom is 0.340 e. The van der Waals surface area contributed by atoms with Gasteiger partial charge in [0.1, 0.15) is 6.61 Å². The van der Waals surface area contributed by atoms with Gasteiger partial charge in [0.15, 0.2) is 0 Å². The Bertz CT molecular complexity index is 812. The fourth-order valence-corrected chi connectivity index (χ4v) is 2.06. The number of nitro benzene ring substituents is 1. The van der Waals surface area contributed by atoms with Crippen LogP contribution in [0.25, 0.3) is 0 Å². The van der Waals surface area contributed by atoms with Crippen molar-refractivity contribution in [3.63, 3.8) is 0 Å². The van der Waals surface area contributed by atoms with E-state index in [9.17, 15) is 14.9 Å². The number of aliphatic hydroxyl groups excluding tert-OH is 1. The average molecular weight is 341 g/mol. The molecular weight excluding hydrogens is 326 g/mol. The molecule has 0 bridgehead atoms. The smallest absolute Gasteiger partial charge is 0.340 e. The molecule has 0 saturated carbocycles. The van der Waals surface area contributed by atoms with Crippen molar-refractivity contribution in [3.05, 3.63) is 69.3 Å². The Balaban J connectivity index is 2.16. The number of carbonyl (C=O) groups excluding carboxylic acids is 1. The Morgan fingerprint density at radius 2 is 2.00 bits per heavy atom. The van der Waals surface area contributed by atoms with E-state index < -0.39 is 10.9 Å². The molecule has 2 rings (SSSR count). The Labute approximate surface area is 143 Å². The van der Waals surface area contributed by atoms with Crippen LogP contribution in [0.3, 0.4) is 0 Å². The fourth-order valence-electron chi connectivity index (χ4n) is 2.06. The first-order valence-corrected chi connectivity index (χ1v) is 7.34. The van der Waals surface area contributed by atoms with E-state index in [0.717, 1.165) is 6.07 Å². The molecule has 8 nitrogen and oxygen atoms in total. The first-order chi connectivity index (χ1) is 12.0. The highest BCUT2D eigenvalue weighted by molar-refractivity contribution is 5.96. The summed E-state index contributed by atoms with van der Waals surface area (Å²) in [5, 5.41) is 31.4. The van der Waals surface area contributed by atoms with Gasteiger partial charge in [-0.25, -0.2) is 4.79 Å². The van der Waals surface area contributed by atoms with Crippen LogP contribution in [-0.4, -0.2) is 29.2 Å².